The number of nitrogens with one attached hydrogen (secondary N) is 1. The molecule has 4 rings (SSSR count). The van der Waals surface area contributed by atoms with E-state index in [1.807, 2.05) is 24.1 Å². The number of piperazine rings is 1. The average Bonchev–Trinajstić information content (AvgIpc) is 3.63. The number of benzene rings is 2. The highest BCUT2D eigenvalue weighted by molar-refractivity contribution is 5.96. The zero-order chi connectivity index (χ0) is 23.5. The molecule has 1 heterocycles. The SMILES string of the molecule is CN1CCN(c2ccc(C(=O)N(C)Cc3ccc(C(=O)NC4CC4)cc3)cc2[N+](=O)[O-])CC1. The molecule has 1 N–H and O–H groups in total. The van der Waals surface area contributed by atoms with Crippen LogP contribution in [-0.2, 0) is 6.54 Å². The summed E-state index contributed by atoms with van der Waals surface area (Å²) in [6.45, 7) is 3.42. The van der Waals surface area contributed by atoms with Crippen LogP contribution >= 0.6 is 0 Å². The molecule has 1 aliphatic carbocycles. The predicted molar refractivity (Wildman–Crippen MR) is 126 cm³/mol. The van der Waals surface area contributed by atoms with Crippen molar-refractivity contribution in [2.24, 2.45) is 0 Å². The first-order valence-electron chi connectivity index (χ1n) is 11.2. The summed E-state index contributed by atoms with van der Waals surface area (Å²) in [4.78, 5) is 42.1. The third kappa shape index (κ3) is 5.48. The molecule has 9 nitrogen and oxygen atoms in total. The van der Waals surface area contributed by atoms with E-state index in [0.717, 1.165) is 31.5 Å². The van der Waals surface area contributed by atoms with Gasteiger partial charge < -0.3 is 20.0 Å². The first-order valence-corrected chi connectivity index (χ1v) is 11.2. The second-order valence-electron chi connectivity index (χ2n) is 8.86. The Hall–Kier alpha value is -3.46. The largest absolute Gasteiger partial charge is 0.363 e. The molecule has 1 saturated heterocycles. The highest BCUT2D eigenvalue weighted by Gasteiger charge is 2.26. The number of hydrogen-bond acceptors (Lipinski definition) is 6. The Morgan fingerprint density at radius 2 is 1.70 bits per heavy atom. The standard InChI is InChI=1S/C24H29N5O4/c1-26-11-13-28(14-12-26)21-10-7-19(15-22(21)29(32)33)24(31)27(2)16-17-3-5-18(6-4-17)23(30)25-20-8-9-20/h3-7,10,15,20H,8-9,11-14,16H2,1-2H3,(H,25,30). The average molecular weight is 452 g/mol. The molecule has 2 fully saturated rings. The monoisotopic (exact) mass is 451 g/mol. The number of carbonyl (C=O) groups excluding carboxylic acids is 2. The summed E-state index contributed by atoms with van der Waals surface area (Å²) in [5.41, 5.74) is 2.24. The molecule has 0 atom stereocenters. The highest BCUT2D eigenvalue weighted by atomic mass is 16.6. The fourth-order valence-electron chi connectivity index (χ4n) is 3.94. The number of likely N-dealkylation sites (N-methyl/N-ethyl adjacent to an activating group) is 1. The quantitative estimate of drug-likeness (QED) is 0.513. The summed E-state index contributed by atoms with van der Waals surface area (Å²) in [5.74, 6) is -0.375. The van der Waals surface area contributed by atoms with Gasteiger partial charge in [-0.15, -0.1) is 0 Å². The Morgan fingerprint density at radius 1 is 1.06 bits per heavy atom. The van der Waals surface area contributed by atoms with E-state index < -0.39 is 4.92 Å². The van der Waals surface area contributed by atoms with Gasteiger partial charge in [0, 0.05) is 63.0 Å². The molecule has 0 radical (unpaired) electrons. The number of nitrogens with zero attached hydrogens (tertiary/aromatic N) is 4. The van der Waals surface area contributed by atoms with E-state index in [0.29, 0.717) is 36.9 Å². The lowest BCUT2D eigenvalue weighted by molar-refractivity contribution is -0.384. The zero-order valence-corrected chi connectivity index (χ0v) is 19.0. The first-order chi connectivity index (χ1) is 15.8. The van der Waals surface area contributed by atoms with Crippen molar-refractivity contribution in [2.75, 3.05) is 45.2 Å². The maximum atomic E-state index is 13.0. The Morgan fingerprint density at radius 3 is 2.30 bits per heavy atom. The highest BCUT2D eigenvalue weighted by Crippen LogP contribution is 2.30. The number of carbonyl (C=O) groups is 2. The van der Waals surface area contributed by atoms with E-state index in [1.165, 1.54) is 11.0 Å². The van der Waals surface area contributed by atoms with Gasteiger partial charge in [0.2, 0.25) is 0 Å². The van der Waals surface area contributed by atoms with Gasteiger partial charge in [0.05, 0.1) is 4.92 Å². The number of amides is 2. The molecular formula is C24H29N5O4. The summed E-state index contributed by atoms with van der Waals surface area (Å²) >= 11 is 0. The van der Waals surface area contributed by atoms with Crippen LogP contribution in [0.1, 0.15) is 39.1 Å². The minimum absolute atomic E-state index is 0.0511. The molecule has 2 aromatic carbocycles. The van der Waals surface area contributed by atoms with Gasteiger partial charge >= 0.3 is 0 Å². The molecular weight excluding hydrogens is 422 g/mol. The van der Waals surface area contributed by atoms with Crippen LogP contribution in [0.15, 0.2) is 42.5 Å². The van der Waals surface area contributed by atoms with E-state index in [4.69, 9.17) is 0 Å². The minimum atomic E-state index is -0.421. The summed E-state index contributed by atoms with van der Waals surface area (Å²) in [6.07, 6.45) is 2.07. The lowest BCUT2D eigenvalue weighted by Gasteiger charge is -2.33. The normalized spacial score (nSPS) is 16.4. The molecule has 1 aliphatic heterocycles. The van der Waals surface area contributed by atoms with E-state index in [-0.39, 0.29) is 23.1 Å². The molecule has 33 heavy (non-hydrogen) atoms. The van der Waals surface area contributed by atoms with Crippen LogP contribution in [0.4, 0.5) is 11.4 Å². The zero-order valence-electron chi connectivity index (χ0n) is 19.0. The molecule has 9 heteroatoms. The van der Waals surface area contributed by atoms with E-state index >= 15 is 0 Å². The van der Waals surface area contributed by atoms with Crippen LogP contribution in [0.25, 0.3) is 0 Å². The Balaban J connectivity index is 1.43. The molecule has 0 bridgehead atoms. The molecule has 1 saturated carbocycles. The maximum Gasteiger partial charge on any atom is 0.293 e. The first kappa shape index (κ1) is 22.7. The van der Waals surface area contributed by atoms with Gasteiger partial charge in [-0.1, -0.05) is 12.1 Å². The third-order valence-electron chi connectivity index (χ3n) is 6.16. The molecule has 174 valence electrons. The molecule has 0 unspecified atom stereocenters. The van der Waals surface area contributed by atoms with Gasteiger partial charge in [0.1, 0.15) is 5.69 Å². The van der Waals surface area contributed by atoms with Crippen molar-refractivity contribution < 1.29 is 14.5 Å². The minimum Gasteiger partial charge on any atom is -0.363 e. The number of nitro groups is 1. The van der Waals surface area contributed by atoms with Crippen LogP contribution in [0, 0.1) is 10.1 Å². The van der Waals surface area contributed by atoms with Crippen molar-refractivity contribution in [3.8, 4) is 0 Å². The molecule has 2 amide bonds. The van der Waals surface area contributed by atoms with Crippen molar-refractivity contribution in [3.05, 3.63) is 69.3 Å². The lowest BCUT2D eigenvalue weighted by atomic mass is 10.1. The van der Waals surface area contributed by atoms with Crippen LogP contribution in [0.2, 0.25) is 0 Å². The molecule has 2 aromatic rings. The summed E-state index contributed by atoms with van der Waals surface area (Å²) < 4.78 is 0. The summed E-state index contributed by atoms with van der Waals surface area (Å²) in [6, 6.07) is 12.2. The Bertz CT molecular complexity index is 1040. The van der Waals surface area contributed by atoms with Gasteiger partial charge in [-0.05, 0) is 49.7 Å². The van der Waals surface area contributed by atoms with Crippen LogP contribution in [0.5, 0.6) is 0 Å². The Labute approximate surface area is 193 Å². The van der Waals surface area contributed by atoms with E-state index in [1.54, 1.807) is 31.3 Å². The third-order valence-corrected chi connectivity index (χ3v) is 6.16. The van der Waals surface area contributed by atoms with Crippen molar-refractivity contribution in [2.45, 2.75) is 25.4 Å². The van der Waals surface area contributed by atoms with Gasteiger partial charge in [-0.2, -0.15) is 0 Å². The van der Waals surface area contributed by atoms with E-state index in [2.05, 4.69) is 10.2 Å². The Kier molecular flexibility index (Phi) is 6.60. The summed E-state index contributed by atoms with van der Waals surface area (Å²) in [5, 5.41) is 14.7. The molecule has 2 aliphatic rings. The topological polar surface area (TPSA) is 99.0 Å². The van der Waals surface area contributed by atoms with Crippen molar-refractivity contribution in [1.29, 1.82) is 0 Å². The molecule has 0 spiro atoms. The second-order valence-corrected chi connectivity index (χ2v) is 8.86. The predicted octanol–water partition coefficient (Wildman–Crippen LogP) is 2.51. The van der Waals surface area contributed by atoms with E-state index in [9.17, 15) is 19.7 Å². The fourth-order valence-corrected chi connectivity index (χ4v) is 3.94. The van der Waals surface area contributed by atoms with Crippen molar-refractivity contribution in [1.82, 2.24) is 15.1 Å². The smallest absolute Gasteiger partial charge is 0.293 e. The number of hydrogen-bond donors (Lipinski definition) is 1. The van der Waals surface area contributed by atoms with Gasteiger partial charge in [0.25, 0.3) is 17.5 Å². The van der Waals surface area contributed by atoms with Gasteiger partial charge in [0.15, 0.2) is 0 Å². The van der Waals surface area contributed by atoms with Crippen LogP contribution in [-0.4, -0.2) is 72.9 Å². The van der Waals surface area contributed by atoms with Crippen LogP contribution < -0.4 is 10.2 Å². The second kappa shape index (κ2) is 9.58. The lowest BCUT2D eigenvalue weighted by Crippen LogP contribution is -2.44. The van der Waals surface area contributed by atoms with Gasteiger partial charge in [-0.25, -0.2) is 0 Å². The fraction of sp³-hybridized carbons (Fsp3) is 0.417. The van der Waals surface area contributed by atoms with Crippen molar-refractivity contribution in [3.63, 3.8) is 0 Å². The maximum absolute atomic E-state index is 13.0. The number of nitro benzene ring substituents is 1. The van der Waals surface area contributed by atoms with Crippen molar-refractivity contribution >= 4 is 23.2 Å². The summed E-state index contributed by atoms with van der Waals surface area (Å²) in [7, 11) is 3.69. The number of rotatable bonds is 7. The van der Waals surface area contributed by atoms with Gasteiger partial charge in [-0.3, -0.25) is 19.7 Å². The molecule has 0 aromatic heterocycles. The van der Waals surface area contributed by atoms with Crippen LogP contribution in [0.3, 0.4) is 0 Å². The number of anilines is 1.